The molecule has 0 amide bonds. The maximum atomic E-state index is 13.6. The highest BCUT2D eigenvalue weighted by Gasteiger charge is 2.50. The van der Waals surface area contributed by atoms with Crippen molar-refractivity contribution in [3.63, 3.8) is 0 Å². The molecule has 0 heterocycles. The van der Waals surface area contributed by atoms with Crippen LogP contribution in [0, 0.1) is 15.9 Å². The normalized spacial score (nSPS) is 18.9. The Kier molecular flexibility index (Phi) is 5.63. The van der Waals surface area contributed by atoms with Crippen molar-refractivity contribution in [2.24, 2.45) is 0 Å². The third-order valence-electron chi connectivity index (χ3n) is 5.31. The second-order valence-corrected chi connectivity index (χ2v) is 6.88. The predicted molar refractivity (Wildman–Crippen MR) is 102 cm³/mol. The van der Waals surface area contributed by atoms with Gasteiger partial charge in [0.25, 0.3) is 5.69 Å². The van der Waals surface area contributed by atoms with Gasteiger partial charge in [-0.05, 0) is 42.7 Å². The second-order valence-electron chi connectivity index (χ2n) is 6.88. The number of rotatable bonds is 6. The summed E-state index contributed by atoms with van der Waals surface area (Å²) in [6.45, 7) is 0. The molecule has 0 aromatic heterocycles. The highest BCUT2D eigenvalue weighted by atomic mass is 19.1. The third kappa shape index (κ3) is 3.57. The molecule has 0 N–H and O–H groups in total. The molecular formula is C21H20FNO6. The average molecular weight is 401 g/mol. The topological polar surface area (TPSA) is 95.7 Å². The number of ketones is 2. The largest absolute Gasteiger partial charge is 0.497 e. The highest BCUT2D eigenvalue weighted by molar-refractivity contribution is 6.21. The summed E-state index contributed by atoms with van der Waals surface area (Å²) in [5, 5.41) is 11.4. The van der Waals surface area contributed by atoms with Gasteiger partial charge in [0.05, 0.1) is 30.8 Å². The van der Waals surface area contributed by atoms with Crippen LogP contribution in [-0.4, -0.2) is 30.7 Å². The molecule has 0 radical (unpaired) electrons. The number of halogens is 1. The van der Waals surface area contributed by atoms with Crippen molar-refractivity contribution in [1.29, 1.82) is 0 Å². The molecule has 0 bridgehead atoms. The van der Waals surface area contributed by atoms with Crippen molar-refractivity contribution < 1.29 is 28.4 Å². The van der Waals surface area contributed by atoms with Gasteiger partial charge in [0.2, 0.25) is 0 Å². The van der Waals surface area contributed by atoms with Gasteiger partial charge in [-0.25, -0.2) is 4.39 Å². The zero-order valence-electron chi connectivity index (χ0n) is 16.1. The summed E-state index contributed by atoms with van der Waals surface area (Å²) >= 11 is 0. The molecule has 0 aliphatic heterocycles. The fraction of sp³-hybridized carbons (Fsp3) is 0.333. The smallest absolute Gasteiger partial charge is 0.283 e. The van der Waals surface area contributed by atoms with E-state index in [-0.39, 0.29) is 24.2 Å². The fourth-order valence-corrected chi connectivity index (χ4v) is 3.84. The predicted octanol–water partition coefficient (Wildman–Crippen LogP) is 4.01. The summed E-state index contributed by atoms with van der Waals surface area (Å²) in [5.41, 5.74) is -2.24. The van der Waals surface area contributed by atoms with Gasteiger partial charge in [0, 0.05) is 12.5 Å². The van der Waals surface area contributed by atoms with E-state index in [0.29, 0.717) is 36.0 Å². The number of carbonyl (C=O) groups excluding carboxylic acids is 2. The van der Waals surface area contributed by atoms with Gasteiger partial charge in [-0.15, -0.1) is 0 Å². The van der Waals surface area contributed by atoms with E-state index in [1.54, 1.807) is 18.2 Å². The van der Waals surface area contributed by atoms with Crippen LogP contribution >= 0.6 is 0 Å². The molecule has 2 aromatic carbocycles. The van der Waals surface area contributed by atoms with E-state index in [2.05, 4.69) is 0 Å². The van der Waals surface area contributed by atoms with Crippen molar-refractivity contribution in [2.75, 3.05) is 14.2 Å². The zero-order valence-corrected chi connectivity index (χ0v) is 16.1. The van der Waals surface area contributed by atoms with E-state index in [1.807, 2.05) is 0 Å². The highest BCUT2D eigenvalue weighted by Crippen LogP contribution is 2.43. The van der Waals surface area contributed by atoms with Gasteiger partial charge in [-0.1, -0.05) is 6.42 Å². The van der Waals surface area contributed by atoms with Gasteiger partial charge < -0.3 is 9.47 Å². The molecule has 1 unspecified atom stereocenters. The quantitative estimate of drug-likeness (QED) is 0.314. The molecule has 1 aliphatic rings. The van der Waals surface area contributed by atoms with Gasteiger partial charge in [-0.3, -0.25) is 19.7 Å². The maximum absolute atomic E-state index is 13.6. The van der Waals surface area contributed by atoms with Crippen LogP contribution in [-0.2, 0) is 10.2 Å². The fourth-order valence-electron chi connectivity index (χ4n) is 3.84. The number of hydrogen-bond donors (Lipinski definition) is 0. The lowest BCUT2D eigenvalue weighted by atomic mass is 9.64. The molecular weight excluding hydrogens is 381 g/mol. The molecule has 1 atom stereocenters. The van der Waals surface area contributed by atoms with E-state index in [4.69, 9.17) is 9.47 Å². The van der Waals surface area contributed by atoms with Crippen LogP contribution in [0.5, 0.6) is 11.5 Å². The Bertz CT molecular complexity index is 967. The van der Waals surface area contributed by atoms with Crippen LogP contribution in [0.1, 0.15) is 41.6 Å². The third-order valence-corrected chi connectivity index (χ3v) is 5.31. The van der Waals surface area contributed by atoms with Crippen molar-refractivity contribution in [3.05, 3.63) is 63.5 Å². The van der Waals surface area contributed by atoms with Gasteiger partial charge >= 0.3 is 0 Å². The minimum Gasteiger partial charge on any atom is -0.497 e. The van der Waals surface area contributed by atoms with E-state index in [9.17, 15) is 24.1 Å². The molecule has 0 saturated heterocycles. The molecule has 3 rings (SSSR count). The Morgan fingerprint density at radius 3 is 2.31 bits per heavy atom. The number of benzene rings is 2. The van der Waals surface area contributed by atoms with Gasteiger partial charge in [-0.2, -0.15) is 0 Å². The van der Waals surface area contributed by atoms with Crippen molar-refractivity contribution in [3.8, 4) is 11.5 Å². The van der Waals surface area contributed by atoms with Gasteiger partial charge in [0.15, 0.2) is 11.6 Å². The molecule has 7 nitrogen and oxygen atoms in total. The Balaban J connectivity index is 2.26. The van der Waals surface area contributed by atoms with Crippen LogP contribution in [0.4, 0.5) is 10.1 Å². The van der Waals surface area contributed by atoms with Crippen molar-refractivity contribution in [2.45, 2.75) is 31.1 Å². The summed E-state index contributed by atoms with van der Waals surface area (Å²) in [5.74, 6) is -1.11. The Morgan fingerprint density at radius 2 is 1.76 bits per heavy atom. The van der Waals surface area contributed by atoms with E-state index in [0.717, 1.165) is 12.1 Å². The second kappa shape index (κ2) is 7.98. The monoisotopic (exact) mass is 401 g/mol. The zero-order chi connectivity index (χ0) is 21.2. The molecule has 1 fully saturated rings. The lowest BCUT2D eigenvalue weighted by Crippen LogP contribution is -2.46. The Labute approximate surface area is 166 Å². The molecule has 1 aliphatic carbocycles. The standard InChI is InChI=1S/C21H20FNO6/c1-28-15-9-13(10-16(12-15)29-2)21(8-4-3-5-19(21)24)20(25)17-7-6-14(22)11-18(17)23(26)27/h6-7,9-12H,3-5,8H2,1-2H3. The number of carbonyl (C=O) groups is 2. The molecule has 152 valence electrons. The van der Waals surface area contributed by atoms with Crippen LogP contribution in [0.3, 0.4) is 0 Å². The number of hydrogen-bond acceptors (Lipinski definition) is 6. The van der Waals surface area contributed by atoms with Crippen molar-refractivity contribution in [1.82, 2.24) is 0 Å². The lowest BCUT2D eigenvalue weighted by Gasteiger charge is -2.35. The molecule has 0 spiro atoms. The molecule has 29 heavy (non-hydrogen) atoms. The maximum Gasteiger partial charge on any atom is 0.283 e. The summed E-state index contributed by atoms with van der Waals surface area (Å²) in [6, 6.07) is 7.48. The summed E-state index contributed by atoms with van der Waals surface area (Å²) in [6.07, 6.45) is 1.57. The van der Waals surface area contributed by atoms with E-state index >= 15 is 0 Å². The summed E-state index contributed by atoms with van der Waals surface area (Å²) < 4.78 is 24.1. The number of ether oxygens (including phenoxy) is 2. The van der Waals surface area contributed by atoms with E-state index in [1.165, 1.54) is 14.2 Å². The minimum absolute atomic E-state index is 0.167. The summed E-state index contributed by atoms with van der Waals surface area (Å²) in [7, 11) is 2.89. The number of Topliss-reactive ketones (excluding diaryl/α,β-unsaturated/α-hetero) is 2. The Morgan fingerprint density at radius 1 is 1.10 bits per heavy atom. The van der Waals surface area contributed by atoms with Gasteiger partial charge in [0.1, 0.15) is 22.7 Å². The van der Waals surface area contributed by atoms with Crippen LogP contribution in [0.25, 0.3) is 0 Å². The number of nitrogens with zero attached hydrogens (tertiary/aromatic N) is 1. The van der Waals surface area contributed by atoms with Crippen molar-refractivity contribution >= 4 is 17.3 Å². The number of nitro groups is 1. The number of methoxy groups -OCH3 is 2. The lowest BCUT2D eigenvalue weighted by molar-refractivity contribution is -0.385. The first kappa shape index (κ1) is 20.4. The first-order chi connectivity index (χ1) is 13.8. The average Bonchev–Trinajstić information content (AvgIpc) is 2.73. The molecule has 1 saturated carbocycles. The van der Waals surface area contributed by atoms with Crippen LogP contribution in [0.15, 0.2) is 36.4 Å². The first-order valence-corrected chi connectivity index (χ1v) is 9.09. The van der Waals surface area contributed by atoms with Crippen LogP contribution in [0.2, 0.25) is 0 Å². The summed E-state index contributed by atoms with van der Waals surface area (Å²) in [4.78, 5) is 37.4. The van der Waals surface area contributed by atoms with E-state index < -0.39 is 27.6 Å². The first-order valence-electron chi connectivity index (χ1n) is 9.09. The molecule has 8 heteroatoms. The minimum atomic E-state index is -1.62. The SMILES string of the molecule is COc1cc(OC)cc(C2(C(=O)c3ccc(F)cc3[N+](=O)[O-])CCCCC2=O)c1. The van der Waals surface area contributed by atoms with Crippen LogP contribution < -0.4 is 9.47 Å². The number of nitro benzene ring substituents is 1. The Hall–Kier alpha value is -3.29. The molecule has 2 aromatic rings.